The molecule has 1 atom stereocenters. The smallest absolute Gasteiger partial charge is 0.0672 e. The van der Waals surface area contributed by atoms with E-state index in [0.29, 0.717) is 18.3 Å². The van der Waals surface area contributed by atoms with Crippen molar-refractivity contribution in [2.45, 2.75) is 59.0 Å². The molecule has 0 aromatic heterocycles. The van der Waals surface area contributed by atoms with Crippen LogP contribution in [-0.4, -0.2) is 23.8 Å². The number of benzene rings is 1. The third-order valence-corrected chi connectivity index (χ3v) is 3.62. The molecular weight excluding hydrogens is 246 g/mol. The van der Waals surface area contributed by atoms with E-state index in [0.717, 1.165) is 19.5 Å². The molecule has 0 saturated carbocycles. The number of hydrogen-bond donors (Lipinski definition) is 2. The first-order valence-corrected chi connectivity index (χ1v) is 7.82. The molecule has 2 heteroatoms. The van der Waals surface area contributed by atoms with Crippen molar-refractivity contribution in [1.82, 2.24) is 5.32 Å². The molecule has 0 bridgehead atoms. The standard InChI is InChI=1S/C18H31NO/c1-14(2)13-19-11-10-18(5,20)12-16-6-8-17(9-7-16)15(3)4/h6-9,14-15,19-20H,10-13H2,1-5H3. The van der Waals surface area contributed by atoms with Gasteiger partial charge in [-0.15, -0.1) is 0 Å². The molecule has 0 heterocycles. The summed E-state index contributed by atoms with van der Waals surface area (Å²) < 4.78 is 0. The lowest BCUT2D eigenvalue weighted by atomic mass is 9.92. The average Bonchev–Trinajstić information content (AvgIpc) is 2.34. The van der Waals surface area contributed by atoms with Gasteiger partial charge in [0.15, 0.2) is 0 Å². The minimum atomic E-state index is -0.636. The van der Waals surface area contributed by atoms with Crippen LogP contribution in [0.15, 0.2) is 24.3 Å². The SMILES string of the molecule is CC(C)CNCCC(C)(O)Cc1ccc(C(C)C)cc1. The van der Waals surface area contributed by atoms with Gasteiger partial charge >= 0.3 is 0 Å². The highest BCUT2D eigenvalue weighted by Gasteiger charge is 2.20. The van der Waals surface area contributed by atoms with Crippen molar-refractivity contribution in [3.8, 4) is 0 Å². The van der Waals surface area contributed by atoms with E-state index in [2.05, 4.69) is 57.3 Å². The molecule has 0 aliphatic carbocycles. The quantitative estimate of drug-likeness (QED) is 0.710. The fraction of sp³-hybridized carbons (Fsp3) is 0.667. The summed E-state index contributed by atoms with van der Waals surface area (Å²) in [5, 5.41) is 13.9. The van der Waals surface area contributed by atoms with Crippen LogP contribution in [-0.2, 0) is 6.42 Å². The summed E-state index contributed by atoms with van der Waals surface area (Å²) in [6.45, 7) is 12.6. The molecule has 2 N–H and O–H groups in total. The van der Waals surface area contributed by atoms with E-state index in [1.165, 1.54) is 11.1 Å². The van der Waals surface area contributed by atoms with Gasteiger partial charge in [0.05, 0.1) is 5.60 Å². The molecule has 0 amide bonds. The Bertz CT molecular complexity index is 379. The highest BCUT2D eigenvalue weighted by Crippen LogP contribution is 2.19. The number of nitrogens with one attached hydrogen (secondary N) is 1. The molecule has 1 unspecified atom stereocenters. The lowest BCUT2D eigenvalue weighted by Gasteiger charge is -2.24. The van der Waals surface area contributed by atoms with Gasteiger partial charge in [-0.2, -0.15) is 0 Å². The molecule has 0 radical (unpaired) electrons. The summed E-state index contributed by atoms with van der Waals surface area (Å²) in [6.07, 6.45) is 1.50. The van der Waals surface area contributed by atoms with Gasteiger partial charge in [-0.05, 0) is 49.4 Å². The molecule has 0 saturated heterocycles. The summed E-state index contributed by atoms with van der Waals surface area (Å²) in [7, 11) is 0. The maximum Gasteiger partial charge on any atom is 0.0672 e. The van der Waals surface area contributed by atoms with Crippen molar-refractivity contribution in [1.29, 1.82) is 0 Å². The minimum absolute atomic E-state index is 0.560. The molecule has 20 heavy (non-hydrogen) atoms. The largest absolute Gasteiger partial charge is 0.390 e. The molecule has 0 aliphatic rings. The summed E-state index contributed by atoms with van der Waals surface area (Å²) in [5.74, 6) is 1.22. The van der Waals surface area contributed by atoms with Crippen LogP contribution < -0.4 is 5.32 Å². The molecule has 0 aliphatic heterocycles. The molecule has 1 aromatic carbocycles. The maximum atomic E-state index is 10.5. The van der Waals surface area contributed by atoms with Crippen LogP contribution in [0.4, 0.5) is 0 Å². The van der Waals surface area contributed by atoms with E-state index in [9.17, 15) is 5.11 Å². The number of aliphatic hydroxyl groups is 1. The highest BCUT2D eigenvalue weighted by atomic mass is 16.3. The minimum Gasteiger partial charge on any atom is -0.390 e. The second-order valence-electron chi connectivity index (χ2n) is 6.92. The summed E-state index contributed by atoms with van der Waals surface area (Å²) >= 11 is 0. The highest BCUT2D eigenvalue weighted by molar-refractivity contribution is 5.25. The third-order valence-electron chi connectivity index (χ3n) is 3.62. The predicted molar refractivity (Wildman–Crippen MR) is 87.2 cm³/mol. The van der Waals surface area contributed by atoms with Gasteiger partial charge in [-0.3, -0.25) is 0 Å². The van der Waals surface area contributed by atoms with Crippen LogP contribution in [0.2, 0.25) is 0 Å². The van der Waals surface area contributed by atoms with Crippen LogP contribution in [0.1, 0.15) is 58.1 Å². The van der Waals surface area contributed by atoms with Gasteiger partial charge in [-0.25, -0.2) is 0 Å². The topological polar surface area (TPSA) is 32.3 Å². The van der Waals surface area contributed by atoms with E-state index in [1.807, 2.05) is 6.92 Å². The lowest BCUT2D eigenvalue weighted by Crippen LogP contribution is -2.33. The maximum absolute atomic E-state index is 10.5. The zero-order valence-corrected chi connectivity index (χ0v) is 13.7. The fourth-order valence-electron chi connectivity index (χ4n) is 2.30. The van der Waals surface area contributed by atoms with Crippen molar-refractivity contribution in [2.24, 2.45) is 5.92 Å². The monoisotopic (exact) mass is 277 g/mol. The van der Waals surface area contributed by atoms with Crippen LogP contribution in [0, 0.1) is 5.92 Å². The Hall–Kier alpha value is -0.860. The zero-order valence-electron chi connectivity index (χ0n) is 13.7. The molecular formula is C18H31NO. The second-order valence-corrected chi connectivity index (χ2v) is 6.92. The summed E-state index contributed by atoms with van der Waals surface area (Å²) in [6, 6.07) is 8.64. The van der Waals surface area contributed by atoms with Crippen molar-refractivity contribution in [3.63, 3.8) is 0 Å². The normalized spacial score (nSPS) is 14.8. The number of rotatable bonds is 8. The van der Waals surface area contributed by atoms with Gasteiger partial charge in [-0.1, -0.05) is 52.0 Å². The lowest BCUT2D eigenvalue weighted by molar-refractivity contribution is 0.0514. The van der Waals surface area contributed by atoms with E-state index in [4.69, 9.17) is 0 Å². The first-order valence-electron chi connectivity index (χ1n) is 7.82. The van der Waals surface area contributed by atoms with Gasteiger partial charge in [0.25, 0.3) is 0 Å². The van der Waals surface area contributed by atoms with Crippen LogP contribution in [0.3, 0.4) is 0 Å². The molecule has 0 fully saturated rings. The third kappa shape index (κ3) is 6.53. The zero-order chi connectivity index (χ0) is 15.2. The second kappa shape index (κ2) is 7.80. The summed E-state index contributed by atoms with van der Waals surface area (Å²) in [4.78, 5) is 0. The summed E-state index contributed by atoms with van der Waals surface area (Å²) in [5.41, 5.74) is 1.93. The molecule has 1 aromatic rings. The predicted octanol–water partition coefficient (Wildman–Crippen LogP) is 3.74. The van der Waals surface area contributed by atoms with E-state index < -0.39 is 5.60 Å². The van der Waals surface area contributed by atoms with Gasteiger partial charge in [0, 0.05) is 6.42 Å². The first-order chi connectivity index (χ1) is 9.30. The Kier molecular flexibility index (Phi) is 6.70. The van der Waals surface area contributed by atoms with Crippen LogP contribution in [0.5, 0.6) is 0 Å². The van der Waals surface area contributed by atoms with Crippen molar-refractivity contribution >= 4 is 0 Å². The van der Waals surface area contributed by atoms with E-state index in [-0.39, 0.29) is 0 Å². The van der Waals surface area contributed by atoms with Gasteiger partial charge in [0.1, 0.15) is 0 Å². The van der Waals surface area contributed by atoms with Gasteiger partial charge < -0.3 is 10.4 Å². The Morgan fingerprint density at radius 2 is 1.70 bits per heavy atom. The molecule has 0 spiro atoms. The Labute approximate surface area is 124 Å². The number of hydrogen-bond acceptors (Lipinski definition) is 2. The van der Waals surface area contributed by atoms with E-state index in [1.54, 1.807) is 0 Å². The first kappa shape index (κ1) is 17.2. The van der Waals surface area contributed by atoms with Crippen molar-refractivity contribution in [3.05, 3.63) is 35.4 Å². The Morgan fingerprint density at radius 1 is 1.10 bits per heavy atom. The average molecular weight is 277 g/mol. The molecule has 2 nitrogen and oxygen atoms in total. The van der Waals surface area contributed by atoms with Crippen LogP contribution >= 0.6 is 0 Å². The molecule has 1 rings (SSSR count). The molecule has 114 valence electrons. The van der Waals surface area contributed by atoms with Crippen molar-refractivity contribution < 1.29 is 5.11 Å². The Morgan fingerprint density at radius 3 is 2.20 bits per heavy atom. The van der Waals surface area contributed by atoms with Crippen LogP contribution in [0.25, 0.3) is 0 Å². The Balaban J connectivity index is 2.44. The fourth-order valence-corrected chi connectivity index (χ4v) is 2.30. The van der Waals surface area contributed by atoms with Gasteiger partial charge in [0.2, 0.25) is 0 Å². The van der Waals surface area contributed by atoms with Crippen molar-refractivity contribution in [2.75, 3.05) is 13.1 Å². The van der Waals surface area contributed by atoms with E-state index >= 15 is 0 Å².